The molecular formula is C13H19ClO. The number of alkyl halides is 1. The first-order chi connectivity index (χ1) is 7.31. The number of hydrogen-bond donors (Lipinski definition) is 0. The molecule has 0 spiro atoms. The first-order valence-electron chi connectivity index (χ1n) is 5.62. The smallest absolute Gasteiger partial charge is 0.122 e. The fourth-order valence-electron chi connectivity index (χ4n) is 1.63. The first-order valence-corrected chi connectivity index (χ1v) is 6.15. The third-order valence-electron chi connectivity index (χ3n) is 2.40. The van der Waals surface area contributed by atoms with Gasteiger partial charge in [-0.15, -0.1) is 11.6 Å². The van der Waals surface area contributed by atoms with Gasteiger partial charge in [0, 0.05) is 5.88 Å². The zero-order valence-electron chi connectivity index (χ0n) is 9.55. The molecule has 0 unspecified atom stereocenters. The maximum atomic E-state index is 5.68. The first kappa shape index (κ1) is 12.4. The minimum Gasteiger partial charge on any atom is -0.494 e. The van der Waals surface area contributed by atoms with Crippen LogP contribution in [0.5, 0.6) is 5.75 Å². The fraction of sp³-hybridized carbons (Fsp3) is 0.538. The van der Waals surface area contributed by atoms with Crippen LogP contribution in [0.25, 0.3) is 0 Å². The molecule has 0 aromatic heterocycles. The average molecular weight is 227 g/mol. The molecule has 15 heavy (non-hydrogen) atoms. The number of aryl methyl sites for hydroxylation is 2. The summed E-state index contributed by atoms with van der Waals surface area (Å²) in [5.74, 6) is 1.75. The number of halogens is 1. The van der Waals surface area contributed by atoms with Gasteiger partial charge >= 0.3 is 0 Å². The summed E-state index contributed by atoms with van der Waals surface area (Å²) in [6.07, 6.45) is 3.12. The molecule has 0 N–H and O–H groups in total. The Balaban J connectivity index is 2.77. The summed E-state index contributed by atoms with van der Waals surface area (Å²) < 4.78 is 5.56. The zero-order chi connectivity index (χ0) is 11.1. The second kappa shape index (κ2) is 6.73. The summed E-state index contributed by atoms with van der Waals surface area (Å²) in [5, 5.41) is 0. The highest BCUT2D eigenvalue weighted by atomic mass is 35.5. The molecule has 1 rings (SSSR count). The number of rotatable bonds is 6. The Hall–Kier alpha value is -0.690. The lowest BCUT2D eigenvalue weighted by Crippen LogP contribution is -1.97. The number of ether oxygens (including phenoxy) is 1. The van der Waals surface area contributed by atoms with Gasteiger partial charge in [0.1, 0.15) is 5.75 Å². The summed E-state index contributed by atoms with van der Waals surface area (Å²) in [7, 11) is 0. The number of hydrogen-bond acceptors (Lipinski definition) is 1. The van der Waals surface area contributed by atoms with E-state index < -0.39 is 0 Å². The third-order valence-corrected chi connectivity index (χ3v) is 2.67. The highest BCUT2D eigenvalue weighted by molar-refractivity contribution is 6.17. The maximum Gasteiger partial charge on any atom is 0.122 e. The van der Waals surface area contributed by atoms with E-state index in [2.05, 4.69) is 25.1 Å². The molecular weight excluding hydrogens is 208 g/mol. The molecule has 0 radical (unpaired) electrons. The molecule has 0 amide bonds. The third kappa shape index (κ3) is 3.75. The van der Waals surface area contributed by atoms with Crippen LogP contribution in [0.4, 0.5) is 0 Å². The van der Waals surface area contributed by atoms with Crippen LogP contribution >= 0.6 is 11.6 Å². The number of benzene rings is 1. The van der Waals surface area contributed by atoms with Gasteiger partial charge in [0.05, 0.1) is 6.61 Å². The van der Waals surface area contributed by atoms with E-state index in [1.165, 1.54) is 11.1 Å². The average Bonchev–Trinajstić information content (AvgIpc) is 2.28. The largest absolute Gasteiger partial charge is 0.494 e. The molecule has 0 saturated heterocycles. The highest BCUT2D eigenvalue weighted by Gasteiger charge is 2.02. The lowest BCUT2D eigenvalue weighted by molar-refractivity contribution is 0.336. The summed E-state index contributed by atoms with van der Waals surface area (Å²) >= 11 is 5.68. The van der Waals surface area contributed by atoms with Crippen LogP contribution in [0.2, 0.25) is 0 Å². The van der Waals surface area contributed by atoms with E-state index in [-0.39, 0.29) is 0 Å². The lowest BCUT2D eigenvalue weighted by atomic mass is 10.0. The molecule has 0 atom stereocenters. The molecule has 0 bridgehead atoms. The minimum atomic E-state index is 0.730. The Morgan fingerprint density at radius 3 is 2.67 bits per heavy atom. The molecule has 2 heteroatoms. The van der Waals surface area contributed by atoms with Gasteiger partial charge in [-0.3, -0.25) is 0 Å². The van der Waals surface area contributed by atoms with Crippen LogP contribution < -0.4 is 4.74 Å². The monoisotopic (exact) mass is 226 g/mol. The molecule has 1 aromatic carbocycles. The molecule has 0 aliphatic rings. The maximum absolute atomic E-state index is 5.68. The normalized spacial score (nSPS) is 10.3. The fourth-order valence-corrected chi connectivity index (χ4v) is 1.77. The Bertz CT molecular complexity index is 297. The van der Waals surface area contributed by atoms with Crippen molar-refractivity contribution in [1.29, 1.82) is 0 Å². The van der Waals surface area contributed by atoms with Crippen molar-refractivity contribution in [3.8, 4) is 5.75 Å². The summed E-state index contributed by atoms with van der Waals surface area (Å²) in [6, 6.07) is 6.44. The molecule has 1 nitrogen and oxygen atoms in total. The molecule has 0 heterocycles. The summed E-state index contributed by atoms with van der Waals surface area (Å²) in [5.41, 5.74) is 2.65. The van der Waals surface area contributed by atoms with Crippen LogP contribution in [0.3, 0.4) is 0 Å². The predicted octanol–water partition coefficient (Wildman–Crippen LogP) is 3.82. The van der Waals surface area contributed by atoms with Crippen molar-refractivity contribution in [3.63, 3.8) is 0 Å². The summed E-state index contributed by atoms with van der Waals surface area (Å²) in [6.45, 7) is 4.90. The van der Waals surface area contributed by atoms with Gasteiger partial charge in [0.15, 0.2) is 0 Å². The van der Waals surface area contributed by atoms with E-state index in [1.807, 2.05) is 6.92 Å². The highest BCUT2D eigenvalue weighted by Crippen LogP contribution is 2.21. The van der Waals surface area contributed by atoms with E-state index in [4.69, 9.17) is 16.3 Å². The Labute approximate surface area is 97.4 Å². The van der Waals surface area contributed by atoms with Gasteiger partial charge in [0.25, 0.3) is 0 Å². The van der Waals surface area contributed by atoms with Crippen molar-refractivity contribution in [2.24, 2.45) is 0 Å². The minimum absolute atomic E-state index is 0.730. The van der Waals surface area contributed by atoms with Crippen LogP contribution in [0.1, 0.15) is 31.4 Å². The Morgan fingerprint density at radius 2 is 2.07 bits per heavy atom. The van der Waals surface area contributed by atoms with Crippen molar-refractivity contribution in [2.45, 2.75) is 33.1 Å². The van der Waals surface area contributed by atoms with Crippen molar-refractivity contribution in [2.75, 3.05) is 12.5 Å². The van der Waals surface area contributed by atoms with Gasteiger partial charge < -0.3 is 4.74 Å². The molecule has 1 aromatic rings. The van der Waals surface area contributed by atoms with Crippen molar-refractivity contribution >= 4 is 11.6 Å². The van der Waals surface area contributed by atoms with Gasteiger partial charge in [-0.25, -0.2) is 0 Å². The zero-order valence-corrected chi connectivity index (χ0v) is 10.3. The van der Waals surface area contributed by atoms with Gasteiger partial charge in [-0.1, -0.05) is 19.1 Å². The van der Waals surface area contributed by atoms with Gasteiger partial charge in [-0.2, -0.15) is 0 Å². The van der Waals surface area contributed by atoms with Crippen molar-refractivity contribution in [3.05, 3.63) is 29.3 Å². The lowest BCUT2D eigenvalue weighted by Gasteiger charge is -2.10. The molecule has 84 valence electrons. The van der Waals surface area contributed by atoms with Crippen molar-refractivity contribution in [1.82, 2.24) is 0 Å². The molecule has 0 aliphatic heterocycles. The molecule has 0 fully saturated rings. The van der Waals surface area contributed by atoms with Crippen molar-refractivity contribution < 1.29 is 4.74 Å². The summed E-state index contributed by atoms with van der Waals surface area (Å²) in [4.78, 5) is 0. The van der Waals surface area contributed by atoms with E-state index >= 15 is 0 Å². The van der Waals surface area contributed by atoms with Gasteiger partial charge in [-0.05, 0) is 43.4 Å². The predicted molar refractivity (Wildman–Crippen MR) is 66.0 cm³/mol. The second-order valence-corrected chi connectivity index (χ2v) is 3.90. The molecule has 0 saturated carbocycles. The Morgan fingerprint density at radius 1 is 1.27 bits per heavy atom. The Kier molecular flexibility index (Phi) is 5.56. The van der Waals surface area contributed by atoms with E-state index in [9.17, 15) is 0 Å². The van der Waals surface area contributed by atoms with Crippen LogP contribution in [-0.2, 0) is 12.8 Å². The van der Waals surface area contributed by atoms with Crippen LogP contribution in [-0.4, -0.2) is 12.5 Å². The quantitative estimate of drug-likeness (QED) is 0.671. The standard InChI is InChI=1S/C13H19ClO/c1-3-12-10-11(6-5-9-14)7-8-13(12)15-4-2/h7-8,10H,3-6,9H2,1-2H3. The molecule has 0 aliphatic carbocycles. The SMILES string of the molecule is CCOc1ccc(CCCCl)cc1CC. The van der Waals surface area contributed by atoms with Gasteiger partial charge in [0.2, 0.25) is 0 Å². The topological polar surface area (TPSA) is 9.23 Å². The van der Waals surface area contributed by atoms with E-state index in [0.29, 0.717) is 0 Å². The van der Waals surface area contributed by atoms with E-state index in [1.54, 1.807) is 0 Å². The second-order valence-electron chi connectivity index (χ2n) is 3.52. The van der Waals surface area contributed by atoms with Crippen LogP contribution in [0.15, 0.2) is 18.2 Å². The van der Waals surface area contributed by atoms with E-state index in [0.717, 1.165) is 37.5 Å². The van der Waals surface area contributed by atoms with Crippen LogP contribution in [0, 0.1) is 0 Å².